The number of ketones is 1. The summed E-state index contributed by atoms with van der Waals surface area (Å²) in [6.07, 6.45) is 1.02. The van der Waals surface area contributed by atoms with Crippen molar-refractivity contribution in [3.8, 4) is 0 Å². The zero-order valence-electron chi connectivity index (χ0n) is 9.04. The lowest BCUT2D eigenvalue weighted by Gasteiger charge is -2.02. The number of nitro groups is 1. The predicted molar refractivity (Wildman–Crippen MR) is 65.8 cm³/mol. The molecular formula is C12H7ClN2O3. The van der Waals surface area contributed by atoms with Crippen LogP contribution in [0.15, 0.2) is 42.6 Å². The molecule has 0 amide bonds. The Morgan fingerprint density at radius 1 is 1.28 bits per heavy atom. The number of halogens is 1. The van der Waals surface area contributed by atoms with Crippen LogP contribution in [-0.2, 0) is 0 Å². The molecule has 1 aromatic heterocycles. The van der Waals surface area contributed by atoms with Crippen molar-refractivity contribution in [2.45, 2.75) is 0 Å². The molecule has 2 aromatic rings. The van der Waals surface area contributed by atoms with Crippen LogP contribution in [0.25, 0.3) is 0 Å². The molecule has 0 saturated heterocycles. The normalized spacial score (nSPS) is 10.1. The van der Waals surface area contributed by atoms with Crippen molar-refractivity contribution in [2.75, 3.05) is 0 Å². The van der Waals surface area contributed by atoms with Gasteiger partial charge in [-0.2, -0.15) is 0 Å². The highest BCUT2D eigenvalue weighted by molar-refractivity contribution is 6.34. The third kappa shape index (κ3) is 2.36. The SMILES string of the molecule is O=C(c1ccccc1)c1ncc([N+](=O)[O-])cc1Cl. The number of rotatable bonds is 3. The van der Waals surface area contributed by atoms with E-state index in [0.29, 0.717) is 5.56 Å². The minimum absolute atomic E-state index is 0.00784. The van der Waals surface area contributed by atoms with Crippen LogP contribution >= 0.6 is 11.6 Å². The molecule has 0 aliphatic rings. The topological polar surface area (TPSA) is 73.1 Å². The van der Waals surface area contributed by atoms with Gasteiger partial charge in [0.15, 0.2) is 0 Å². The van der Waals surface area contributed by atoms with E-state index < -0.39 is 4.92 Å². The molecule has 0 radical (unpaired) electrons. The van der Waals surface area contributed by atoms with Crippen LogP contribution in [0.3, 0.4) is 0 Å². The largest absolute Gasteiger partial charge is 0.289 e. The smallest absolute Gasteiger partial charge is 0.287 e. The van der Waals surface area contributed by atoms with Gasteiger partial charge in [0.25, 0.3) is 5.69 Å². The van der Waals surface area contributed by atoms with Gasteiger partial charge in [-0.25, -0.2) is 4.98 Å². The summed E-state index contributed by atoms with van der Waals surface area (Å²) in [5.41, 5.74) is 0.193. The van der Waals surface area contributed by atoms with Crippen LogP contribution < -0.4 is 0 Å². The molecular weight excluding hydrogens is 256 g/mol. The lowest BCUT2D eigenvalue weighted by molar-refractivity contribution is -0.385. The predicted octanol–water partition coefficient (Wildman–Crippen LogP) is 2.87. The lowest BCUT2D eigenvalue weighted by Crippen LogP contribution is -2.05. The maximum atomic E-state index is 12.0. The first-order chi connectivity index (χ1) is 8.59. The summed E-state index contributed by atoms with van der Waals surface area (Å²) in [7, 11) is 0. The molecule has 0 bridgehead atoms. The number of benzene rings is 1. The Labute approximate surface area is 107 Å². The van der Waals surface area contributed by atoms with Gasteiger partial charge in [-0.1, -0.05) is 41.9 Å². The zero-order valence-corrected chi connectivity index (χ0v) is 9.79. The molecule has 0 spiro atoms. The highest BCUT2D eigenvalue weighted by atomic mass is 35.5. The Morgan fingerprint density at radius 2 is 1.94 bits per heavy atom. The van der Waals surface area contributed by atoms with Crippen LogP contribution in [0.4, 0.5) is 5.69 Å². The molecule has 90 valence electrons. The van der Waals surface area contributed by atoms with Crippen molar-refractivity contribution < 1.29 is 9.72 Å². The Morgan fingerprint density at radius 3 is 2.50 bits per heavy atom. The highest BCUT2D eigenvalue weighted by Gasteiger charge is 2.17. The summed E-state index contributed by atoms with van der Waals surface area (Å²) in [6, 6.07) is 9.58. The van der Waals surface area contributed by atoms with Crippen molar-refractivity contribution in [3.05, 3.63) is 69.0 Å². The number of hydrogen-bond donors (Lipinski definition) is 0. The molecule has 6 heteroatoms. The fraction of sp³-hybridized carbons (Fsp3) is 0. The van der Waals surface area contributed by atoms with Crippen molar-refractivity contribution in [1.29, 1.82) is 0 Å². The number of pyridine rings is 1. The van der Waals surface area contributed by atoms with Crippen LogP contribution in [0.5, 0.6) is 0 Å². The summed E-state index contributed by atoms with van der Waals surface area (Å²) in [5, 5.41) is 10.5. The maximum Gasteiger partial charge on any atom is 0.289 e. The van der Waals surface area contributed by atoms with Crippen LogP contribution in [0.1, 0.15) is 16.1 Å². The van der Waals surface area contributed by atoms with Gasteiger partial charge in [-0.05, 0) is 0 Å². The second-order valence-corrected chi connectivity index (χ2v) is 3.88. The summed E-state index contributed by atoms with van der Waals surface area (Å²) in [6.45, 7) is 0. The van der Waals surface area contributed by atoms with E-state index in [2.05, 4.69) is 4.98 Å². The van der Waals surface area contributed by atoms with E-state index in [1.807, 2.05) is 0 Å². The van der Waals surface area contributed by atoms with Gasteiger partial charge < -0.3 is 0 Å². The molecule has 5 nitrogen and oxygen atoms in total. The summed E-state index contributed by atoms with van der Waals surface area (Å²) in [5.74, 6) is -0.365. The van der Waals surface area contributed by atoms with Gasteiger partial charge >= 0.3 is 0 Å². The molecule has 2 rings (SSSR count). The quantitative estimate of drug-likeness (QED) is 0.484. The van der Waals surface area contributed by atoms with Gasteiger partial charge in [-0.15, -0.1) is 0 Å². The number of carbonyl (C=O) groups excluding carboxylic acids is 1. The number of aromatic nitrogens is 1. The fourth-order valence-corrected chi connectivity index (χ4v) is 1.67. The Bertz CT molecular complexity index is 614. The number of nitrogens with zero attached hydrogens (tertiary/aromatic N) is 2. The van der Waals surface area contributed by atoms with E-state index in [1.54, 1.807) is 30.3 Å². The van der Waals surface area contributed by atoms with Crippen molar-refractivity contribution in [1.82, 2.24) is 4.98 Å². The maximum absolute atomic E-state index is 12.0. The minimum atomic E-state index is -0.615. The average Bonchev–Trinajstić information content (AvgIpc) is 2.38. The fourth-order valence-electron chi connectivity index (χ4n) is 1.42. The van der Waals surface area contributed by atoms with E-state index in [4.69, 9.17) is 11.6 Å². The highest BCUT2D eigenvalue weighted by Crippen LogP contribution is 2.22. The molecule has 0 aliphatic heterocycles. The molecule has 18 heavy (non-hydrogen) atoms. The van der Waals surface area contributed by atoms with Crippen LogP contribution in [0, 0.1) is 10.1 Å². The molecule has 0 atom stereocenters. The first-order valence-corrected chi connectivity index (χ1v) is 5.37. The second-order valence-electron chi connectivity index (χ2n) is 3.48. The van der Waals surface area contributed by atoms with Gasteiger partial charge in [0.2, 0.25) is 5.78 Å². The van der Waals surface area contributed by atoms with Gasteiger partial charge in [0, 0.05) is 11.6 Å². The third-order valence-electron chi connectivity index (χ3n) is 2.29. The first kappa shape index (κ1) is 12.2. The Kier molecular flexibility index (Phi) is 3.34. The molecule has 0 fully saturated rings. The molecule has 0 aliphatic carbocycles. The van der Waals surface area contributed by atoms with Gasteiger partial charge in [-0.3, -0.25) is 14.9 Å². The van der Waals surface area contributed by atoms with Crippen molar-refractivity contribution in [2.24, 2.45) is 0 Å². The number of carbonyl (C=O) groups is 1. The van der Waals surface area contributed by atoms with E-state index in [9.17, 15) is 14.9 Å². The van der Waals surface area contributed by atoms with E-state index in [-0.39, 0.29) is 22.2 Å². The second kappa shape index (κ2) is 4.93. The summed E-state index contributed by atoms with van der Waals surface area (Å²) >= 11 is 5.83. The van der Waals surface area contributed by atoms with E-state index in [0.717, 1.165) is 12.3 Å². The Hall–Kier alpha value is -2.27. The standard InChI is InChI=1S/C12H7ClN2O3/c13-10-6-9(15(17)18)7-14-11(10)12(16)8-4-2-1-3-5-8/h1-7H. The summed E-state index contributed by atoms with van der Waals surface area (Å²) in [4.78, 5) is 25.7. The Balaban J connectivity index is 2.41. The molecule has 0 unspecified atom stereocenters. The molecule has 1 heterocycles. The molecule has 1 aromatic carbocycles. The minimum Gasteiger partial charge on any atom is -0.287 e. The van der Waals surface area contributed by atoms with Gasteiger partial charge in [0.1, 0.15) is 11.9 Å². The summed E-state index contributed by atoms with van der Waals surface area (Å²) < 4.78 is 0. The first-order valence-electron chi connectivity index (χ1n) is 4.99. The lowest BCUT2D eigenvalue weighted by atomic mass is 10.1. The third-order valence-corrected chi connectivity index (χ3v) is 2.58. The van der Waals surface area contributed by atoms with Crippen LogP contribution in [-0.4, -0.2) is 15.7 Å². The van der Waals surface area contributed by atoms with Crippen LogP contribution in [0.2, 0.25) is 5.02 Å². The van der Waals surface area contributed by atoms with Gasteiger partial charge in [0.05, 0.1) is 9.95 Å². The zero-order chi connectivity index (χ0) is 13.1. The van der Waals surface area contributed by atoms with E-state index in [1.165, 1.54) is 0 Å². The monoisotopic (exact) mass is 262 g/mol. The molecule has 0 N–H and O–H groups in total. The molecule has 0 saturated carbocycles. The van der Waals surface area contributed by atoms with E-state index >= 15 is 0 Å². The average molecular weight is 263 g/mol. The van der Waals surface area contributed by atoms with Crippen molar-refractivity contribution in [3.63, 3.8) is 0 Å². The number of hydrogen-bond acceptors (Lipinski definition) is 4. The van der Waals surface area contributed by atoms with Crippen molar-refractivity contribution >= 4 is 23.1 Å².